The second-order valence-electron chi connectivity index (χ2n) is 2.19. The summed E-state index contributed by atoms with van der Waals surface area (Å²) in [5.74, 6) is -0.499. The van der Waals surface area contributed by atoms with Crippen molar-refractivity contribution in [3.8, 4) is 0 Å². The molecule has 1 rings (SSSR count). The quantitative estimate of drug-likeness (QED) is 0.604. The molecule has 0 aliphatic rings. The largest absolute Gasteiger partial charge is 0.298 e. The second-order valence-corrected chi connectivity index (χ2v) is 3.54. The molecule has 12 heavy (non-hydrogen) atoms. The first-order valence-electron chi connectivity index (χ1n) is 3.18. The fourth-order valence-corrected chi connectivity index (χ4v) is 2.22. The minimum absolute atomic E-state index is 0.0759. The summed E-state index contributed by atoms with van der Waals surface area (Å²) in [6, 6.07) is 2.91. The van der Waals surface area contributed by atoms with Crippen molar-refractivity contribution in [2.24, 2.45) is 0 Å². The molecule has 0 fully saturated rings. The summed E-state index contributed by atoms with van der Waals surface area (Å²) < 4.78 is 13.4. The molecule has 0 aliphatic heterocycles. The molecule has 0 saturated carbocycles. The van der Waals surface area contributed by atoms with Crippen LogP contribution in [-0.4, -0.2) is 6.29 Å². The fourth-order valence-electron chi connectivity index (χ4n) is 0.826. The van der Waals surface area contributed by atoms with Crippen LogP contribution in [0.2, 0.25) is 0 Å². The Morgan fingerprint density at radius 2 is 2.17 bits per heavy atom. The Morgan fingerprint density at radius 3 is 2.67 bits per heavy atom. The highest BCUT2D eigenvalue weighted by Crippen LogP contribution is 2.24. The van der Waals surface area contributed by atoms with Crippen LogP contribution in [0.5, 0.6) is 0 Å². The van der Waals surface area contributed by atoms with Crippen LogP contribution in [0.25, 0.3) is 0 Å². The third-order valence-electron chi connectivity index (χ3n) is 1.47. The third kappa shape index (κ3) is 1.75. The van der Waals surface area contributed by atoms with E-state index in [4.69, 9.17) is 0 Å². The second kappa shape index (κ2) is 4.14. The van der Waals surface area contributed by atoms with Gasteiger partial charge in [0.15, 0.2) is 6.29 Å². The zero-order chi connectivity index (χ0) is 9.14. The Labute approximate surface area is 86.2 Å². The number of hydrogen-bond donors (Lipinski definition) is 0. The molecule has 0 N–H and O–H groups in total. The number of aldehydes is 1. The van der Waals surface area contributed by atoms with E-state index in [0.717, 1.165) is 5.56 Å². The smallest absolute Gasteiger partial charge is 0.154 e. The summed E-state index contributed by atoms with van der Waals surface area (Å²) in [6.45, 7) is 0. The van der Waals surface area contributed by atoms with Gasteiger partial charge >= 0.3 is 0 Å². The molecule has 1 aromatic rings. The molecule has 1 nitrogen and oxygen atoms in total. The Morgan fingerprint density at radius 1 is 1.50 bits per heavy atom. The number of alkyl halides is 1. The van der Waals surface area contributed by atoms with Crippen molar-refractivity contribution >= 4 is 38.1 Å². The van der Waals surface area contributed by atoms with Gasteiger partial charge in [-0.25, -0.2) is 4.39 Å². The lowest BCUT2D eigenvalue weighted by Gasteiger charge is -2.03. The van der Waals surface area contributed by atoms with E-state index in [-0.39, 0.29) is 5.56 Å². The lowest BCUT2D eigenvalue weighted by atomic mass is 10.1. The van der Waals surface area contributed by atoms with Crippen LogP contribution in [0.4, 0.5) is 4.39 Å². The standard InChI is InChI=1S/C8H5Br2FO/c9-3-5-1-2-7(11)6(4-12)8(5)10/h1-2,4H,3H2. The van der Waals surface area contributed by atoms with Gasteiger partial charge in [-0.1, -0.05) is 22.0 Å². The molecule has 0 amide bonds. The molecule has 4 heteroatoms. The minimum atomic E-state index is -0.499. The van der Waals surface area contributed by atoms with Gasteiger partial charge in [0.05, 0.1) is 5.56 Å². The van der Waals surface area contributed by atoms with Crippen LogP contribution in [0.1, 0.15) is 15.9 Å². The number of benzene rings is 1. The van der Waals surface area contributed by atoms with Gasteiger partial charge in [-0.15, -0.1) is 0 Å². The molecule has 0 atom stereocenters. The lowest BCUT2D eigenvalue weighted by Crippen LogP contribution is -1.92. The molecule has 0 heterocycles. The van der Waals surface area contributed by atoms with E-state index in [1.165, 1.54) is 6.07 Å². The van der Waals surface area contributed by atoms with Crippen molar-refractivity contribution in [2.75, 3.05) is 0 Å². The number of carbonyl (C=O) groups excluding carboxylic acids is 1. The van der Waals surface area contributed by atoms with Crippen LogP contribution in [0.3, 0.4) is 0 Å². The topological polar surface area (TPSA) is 17.1 Å². The predicted octanol–water partition coefficient (Wildman–Crippen LogP) is 3.30. The summed E-state index contributed by atoms with van der Waals surface area (Å²) in [6.07, 6.45) is 0.506. The van der Waals surface area contributed by atoms with Gasteiger partial charge in [0.1, 0.15) is 5.82 Å². The molecular weight excluding hydrogens is 291 g/mol. The Balaban J connectivity index is 3.33. The average Bonchev–Trinajstić information content (AvgIpc) is 2.06. The number of carbonyl (C=O) groups is 1. The predicted molar refractivity (Wildman–Crippen MR) is 52.1 cm³/mol. The Bertz CT molecular complexity index is 312. The summed E-state index contributed by atoms with van der Waals surface area (Å²) in [5.41, 5.74) is 0.936. The number of hydrogen-bond acceptors (Lipinski definition) is 1. The van der Waals surface area contributed by atoms with E-state index in [1.807, 2.05) is 0 Å². The molecule has 0 spiro atoms. The first kappa shape index (κ1) is 9.86. The summed E-state index contributed by atoms with van der Waals surface area (Å²) in [5, 5.41) is 0.592. The maximum Gasteiger partial charge on any atom is 0.154 e. The average molecular weight is 296 g/mol. The molecule has 64 valence electrons. The van der Waals surface area contributed by atoms with Gasteiger partial charge in [0.2, 0.25) is 0 Å². The van der Waals surface area contributed by atoms with E-state index >= 15 is 0 Å². The zero-order valence-electron chi connectivity index (χ0n) is 5.98. The summed E-state index contributed by atoms with van der Waals surface area (Å²) >= 11 is 6.38. The van der Waals surface area contributed by atoms with Crippen molar-refractivity contribution in [3.05, 3.63) is 33.5 Å². The van der Waals surface area contributed by atoms with E-state index in [9.17, 15) is 9.18 Å². The van der Waals surface area contributed by atoms with Crippen molar-refractivity contribution < 1.29 is 9.18 Å². The van der Waals surface area contributed by atoms with Crippen molar-refractivity contribution in [2.45, 2.75) is 5.33 Å². The van der Waals surface area contributed by atoms with E-state index < -0.39 is 5.82 Å². The number of halogens is 3. The minimum Gasteiger partial charge on any atom is -0.298 e. The van der Waals surface area contributed by atoms with Crippen molar-refractivity contribution in [1.82, 2.24) is 0 Å². The highest BCUT2D eigenvalue weighted by molar-refractivity contribution is 9.10. The molecule has 0 radical (unpaired) electrons. The highest BCUT2D eigenvalue weighted by atomic mass is 79.9. The molecular formula is C8H5Br2FO. The maximum atomic E-state index is 12.9. The lowest BCUT2D eigenvalue weighted by molar-refractivity contribution is 0.111. The van der Waals surface area contributed by atoms with Crippen molar-refractivity contribution in [1.29, 1.82) is 0 Å². The SMILES string of the molecule is O=Cc1c(F)ccc(CBr)c1Br. The van der Waals surface area contributed by atoms with E-state index in [1.54, 1.807) is 6.07 Å². The first-order valence-corrected chi connectivity index (χ1v) is 5.10. The normalized spacial score (nSPS) is 9.92. The monoisotopic (exact) mass is 294 g/mol. The molecule has 0 unspecified atom stereocenters. The van der Waals surface area contributed by atoms with Gasteiger partial charge < -0.3 is 0 Å². The fraction of sp³-hybridized carbons (Fsp3) is 0.125. The Kier molecular flexibility index (Phi) is 3.40. The van der Waals surface area contributed by atoms with Gasteiger partial charge in [0, 0.05) is 9.80 Å². The molecule has 0 aromatic heterocycles. The first-order chi connectivity index (χ1) is 5.70. The van der Waals surface area contributed by atoms with Crippen molar-refractivity contribution in [3.63, 3.8) is 0 Å². The van der Waals surface area contributed by atoms with Crippen LogP contribution in [0, 0.1) is 5.82 Å². The van der Waals surface area contributed by atoms with Gasteiger partial charge in [-0.2, -0.15) is 0 Å². The van der Waals surface area contributed by atoms with Gasteiger partial charge in [-0.3, -0.25) is 4.79 Å². The number of rotatable bonds is 2. The van der Waals surface area contributed by atoms with Gasteiger partial charge in [0.25, 0.3) is 0 Å². The summed E-state index contributed by atoms with van der Waals surface area (Å²) in [4.78, 5) is 10.4. The highest BCUT2D eigenvalue weighted by Gasteiger charge is 2.08. The maximum absolute atomic E-state index is 12.9. The van der Waals surface area contributed by atoms with Crippen LogP contribution < -0.4 is 0 Å². The molecule has 0 saturated heterocycles. The van der Waals surface area contributed by atoms with E-state index in [2.05, 4.69) is 31.9 Å². The van der Waals surface area contributed by atoms with E-state index in [0.29, 0.717) is 16.1 Å². The van der Waals surface area contributed by atoms with Crippen LogP contribution >= 0.6 is 31.9 Å². The Hall–Kier alpha value is -0.220. The third-order valence-corrected chi connectivity index (χ3v) is 3.01. The molecule has 0 aliphatic carbocycles. The van der Waals surface area contributed by atoms with Crippen LogP contribution in [0.15, 0.2) is 16.6 Å². The summed E-state index contributed by atoms with van der Waals surface area (Å²) in [7, 11) is 0. The molecule has 0 bridgehead atoms. The van der Waals surface area contributed by atoms with Gasteiger partial charge in [-0.05, 0) is 27.6 Å². The zero-order valence-corrected chi connectivity index (χ0v) is 9.15. The molecule has 1 aromatic carbocycles. The van der Waals surface area contributed by atoms with Crippen LogP contribution in [-0.2, 0) is 5.33 Å².